The van der Waals surface area contributed by atoms with E-state index in [0.717, 1.165) is 38.9 Å². The molecule has 0 spiro atoms. The molecule has 0 aliphatic carbocycles. The molecular formula is C13H20N2O2. The molecule has 4 nitrogen and oxygen atoms in total. The first-order valence-corrected chi connectivity index (χ1v) is 6.21. The second-order valence-corrected chi connectivity index (χ2v) is 4.89. The van der Waals surface area contributed by atoms with Gasteiger partial charge in [-0.2, -0.15) is 0 Å². The molecule has 0 bridgehead atoms. The van der Waals surface area contributed by atoms with Gasteiger partial charge in [-0.25, -0.2) is 0 Å². The molecule has 0 amide bonds. The maximum atomic E-state index is 10.8. The fraction of sp³-hybridized carbons (Fsp3) is 0.615. The van der Waals surface area contributed by atoms with Gasteiger partial charge in [-0.05, 0) is 44.0 Å². The zero-order chi connectivity index (χ0) is 12.3. The van der Waals surface area contributed by atoms with Gasteiger partial charge in [0.1, 0.15) is 0 Å². The monoisotopic (exact) mass is 236 g/mol. The van der Waals surface area contributed by atoms with Crippen LogP contribution in [0.15, 0.2) is 18.5 Å². The minimum Gasteiger partial charge on any atom is -0.481 e. The second-order valence-electron chi connectivity index (χ2n) is 4.89. The van der Waals surface area contributed by atoms with Gasteiger partial charge >= 0.3 is 5.97 Å². The number of aliphatic carboxylic acids is 1. The lowest BCUT2D eigenvalue weighted by molar-refractivity contribution is -0.143. The van der Waals surface area contributed by atoms with Gasteiger partial charge in [0.25, 0.3) is 0 Å². The van der Waals surface area contributed by atoms with Crippen molar-refractivity contribution < 1.29 is 9.90 Å². The third kappa shape index (κ3) is 3.33. The van der Waals surface area contributed by atoms with E-state index in [1.807, 2.05) is 7.05 Å². The van der Waals surface area contributed by atoms with Gasteiger partial charge in [0, 0.05) is 26.0 Å². The summed E-state index contributed by atoms with van der Waals surface area (Å²) in [6.07, 6.45) is 6.85. The first kappa shape index (κ1) is 12.2. The minimum absolute atomic E-state index is 0.122. The number of aryl methyl sites for hydroxylation is 1. The number of likely N-dealkylation sites (tertiary alicyclic amines) is 1. The summed E-state index contributed by atoms with van der Waals surface area (Å²) in [5.41, 5.74) is 1.35. The molecule has 0 aromatic carbocycles. The molecule has 1 saturated heterocycles. The van der Waals surface area contributed by atoms with E-state index in [1.165, 1.54) is 5.56 Å². The topological polar surface area (TPSA) is 45.5 Å². The average Bonchev–Trinajstić information content (AvgIpc) is 2.73. The Morgan fingerprint density at radius 1 is 1.47 bits per heavy atom. The van der Waals surface area contributed by atoms with Crippen molar-refractivity contribution in [3.05, 3.63) is 24.0 Å². The van der Waals surface area contributed by atoms with Gasteiger partial charge in [0.05, 0.1) is 5.92 Å². The summed E-state index contributed by atoms with van der Waals surface area (Å²) in [5.74, 6) is -0.754. The highest BCUT2D eigenvalue weighted by molar-refractivity contribution is 5.70. The molecule has 2 heterocycles. The third-order valence-corrected chi connectivity index (χ3v) is 3.55. The molecule has 2 rings (SSSR count). The van der Waals surface area contributed by atoms with E-state index in [2.05, 4.69) is 27.9 Å². The molecule has 0 atom stereocenters. The quantitative estimate of drug-likeness (QED) is 0.858. The highest BCUT2D eigenvalue weighted by atomic mass is 16.4. The summed E-state index contributed by atoms with van der Waals surface area (Å²) < 4.78 is 2.06. The van der Waals surface area contributed by atoms with Crippen molar-refractivity contribution in [2.24, 2.45) is 13.0 Å². The Labute approximate surface area is 102 Å². The van der Waals surface area contributed by atoms with E-state index >= 15 is 0 Å². The molecule has 94 valence electrons. The average molecular weight is 236 g/mol. The highest BCUT2D eigenvalue weighted by Gasteiger charge is 2.23. The number of rotatable bonds is 4. The number of piperidine rings is 1. The van der Waals surface area contributed by atoms with Crippen molar-refractivity contribution >= 4 is 5.97 Å². The molecule has 1 aromatic rings. The standard InChI is InChI=1S/C13H20N2O2/c1-14-6-2-11(10-14)3-7-15-8-4-12(5-9-15)13(16)17/h2,6,10,12H,3-5,7-9H2,1H3,(H,16,17). The van der Waals surface area contributed by atoms with Crippen molar-refractivity contribution in [2.45, 2.75) is 19.3 Å². The number of carbonyl (C=O) groups is 1. The largest absolute Gasteiger partial charge is 0.481 e. The SMILES string of the molecule is Cn1ccc(CCN2CCC(C(=O)O)CC2)c1. The summed E-state index contributed by atoms with van der Waals surface area (Å²) in [5, 5.41) is 8.91. The van der Waals surface area contributed by atoms with Crippen LogP contribution in [0.3, 0.4) is 0 Å². The van der Waals surface area contributed by atoms with E-state index in [9.17, 15) is 4.79 Å². The molecular weight excluding hydrogens is 216 g/mol. The van der Waals surface area contributed by atoms with Crippen LogP contribution in [0.5, 0.6) is 0 Å². The summed E-state index contributed by atoms with van der Waals surface area (Å²) in [4.78, 5) is 13.2. The summed E-state index contributed by atoms with van der Waals surface area (Å²) in [6, 6.07) is 2.14. The zero-order valence-corrected chi connectivity index (χ0v) is 10.3. The number of aromatic nitrogens is 1. The molecule has 1 aliphatic rings. The predicted molar refractivity (Wildman–Crippen MR) is 65.9 cm³/mol. The van der Waals surface area contributed by atoms with Crippen LogP contribution in [-0.4, -0.2) is 40.2 Å². The fourth-order valence-electron chi connectivity index (χ4n) is 2.40. The Bertz CT molecular complexity index is 379. The third-order valence-electron chi connectivity index (χ3n) is 3.55. The Morgan fingerprint density at radius 3 is 2.71 bits per heavy atom. The lowest BCUT2D eigenvalue weighted by Crippen LogP contribution is -2.37. The Balaban J connectivity index is 1.73. The van der Waals surface area contributed by atoms with Crippen molar-refractivity contribution in [3.8, 4) is 0 Å². The maximum Gasteiger partial charge on any atom is 0.306 e. The van der Waals surface area contributed by atoms with Gasteiger partial charge in [0.15, 0.2) is 0 Å². The summed E-state index contributed by atoms with van der Waals surface area (Å²) in [7, 11) is 2.03. The van der Waals surface area contributed by atoms with Gasteiger partial charge in [-0.1, -0.05) is 0 Å². The number of carboxylic acids is 1. The van der Waals surface area contributed by atoms with Gasteiger partial charge in [0.2, 0.25) is 0 Å². The normalized spacial score (nSPS) is 18.4. The van der Waals surface area contributed by atoms with E-state index < -0.39 is 5.97 Å². The van der Waals surface area contributed by atoms with Crippen LogP contribution in [0.1, 0.15) is 18.4 Å². The van der Waals surface area contributed by atoms with Gasteiger partial charge in [-0.3, -0.25) is 4.79 Å². The van der Waals surface area contributed by atoms with Crippen LogP contribution in [-0.2, 0) is 18.3 Å². The van der Waals surface area contributed by atoms with E-state index in [-0.39, 0.29) is 5.92 Å². The molecule has 1 N–H and O–H groups in total. The zero-order valence-electron chi connectivity index (χ0n) is 10.3. The lowest BCUT2D eigenvalue weighted by Gasteiger charge is -2.29. The summed E-state index contributed by atoms with van der Waals surface area (Å²) in [6.45, 7) is 2.88. The smallest absolute Gasteiger partial charge is 0.306 e. The van der Waals surface area contributed by atoms with E-state index in [0.29, 0.717) is 0 Å². The number of carboxylic acid groups (broad SMARTS) is 1. The Kier molecular flexibility index (Phi) is 3.84. The number of hydrogen-bond acceptors (Lipinski definition) is 2. The number of nitrogens with zero attached hydrogens (tertiary/aromatic N) is 2. The van der Waals surface area contributed by atoms with E-state index in [1.54, 1.807) is 0 Å². The minimum atomic E-state index is -0.632. The fourth-order valence-corrected chi connectivity index (χ4v) is 2.40. The molecule has 1 aliphatic heterocycles. The van der Waals surface area contributed by atoms with Gasteiger partial charge in [-0.15, -0.1) is 0 Å². The van der Waals surface area contributed by atoms with Crippen LogP contribution >= 0.6 is 0 Å². The van der Waals surface area contributed by atoms with Gasteiger partial charge < -0.3 is 14.6 Å². The van der Waals surface area contributed by atoms with Crippen LogP contribution in [0.2, 0.25) is 0 Å². The van der Waals surface area contributed by atoms with Crippen molar-refractivity contribution in [1.82, 2.24) is 9.47 Å². The van der Waals surface area contributed by atoms with Crippen LogP contribution in [0.25, 0.3) is 0 Å². The van der Waals surface area contributed by atoms with E-state index in [4.69, 9.17) is 5.11 Å². The van der Waals surface area contributed by atoms with Crippen molar-refractivity contribution in [3.63, 3.8) is 0 Å². The molecule has 17 heavy (non-hydrogen) atoms. The predicted octanol–water partition coefficient (Wildman–Crippen LogP) is 1.36. The lowest BCUT2D eigenvalue weighted by atomic mass is 9.97. The molecule has 0 radical (unpaired) electrons. The summed E-state index contributed by atoms with van der Waals surface area (Å²) >= 11 is 0. The highest BCUT2D eigenvalue weighted by Crippen LogP contribution is 2.17. The molecule has 0 saturated carbocycles. The Hall–Kier alpha value is -1.29. The Morgan fingerprint density at radius 2 is 2.18 bits per heavy atom. The van der Waals surface area contributed by atoms with Crippen LogP contribution < -0.4 is 0 Å². The maximum absolute atomic E-state index is 10.8. The first-order valence-electron chi connectivity index (χ1n) is 6.21. The van der Waals surface area contributed by atoms with Crippen LogP contribution in [0, 0.1) is 5.92 Å². The number of hydrogen-bond donors (Lipinski definition) is 1. The second kappa shape index (κ2) is 5.36. The van der Waals surface area contributed by atoms with Crippen molar-refractivity contribution in [2.75, 3.05) is 19.6 Å². The van der Waals surface area contributed by atoms with Crippen molar-refractivity contribution in [1.29, 1.82) is 0 Å². The first-order chi connectivity index (χ1) is 8.15. The molecule has 1 aromatic heterocycles. The molecule has 1 fully saturated rings. The van der Waals surface area contributed by atoms with Crippen LogP contribution in [0.4, 0.5) is 0 Å². The molecule has 0 unspecified atom stereocenters. The molecule has 4 heteroatoms.